The van der Waals surface area contributed by atoms with Crippen LogP contribution in [-0.4, -0.2) is 36.9 Å². The summed E-state index contributed by atoms with van der Waals surface area (Å²) in [6.07, 6.45) is 3.57. The number of hydrogen-bond acceptors (Lipinski definition) is 5. The number of carbonyl (C=O) groups excluding carboxylic acids is 1. The molecule has 146 valence electrons. The van der Waals surface area contributed by atoms with Crippen LogP contribution in [-0.2, 0) is 11.2 Å². The summed E-state index contributed by atoms with van der Waals surface area (Å²) in [4.78, 5) is 22.9. The van der Waals surface area contributed by atoms with Crippen molar-refractivity contribution in [2.45, 2.75) is 6.42 Å². The van der Waals surface area contributed by atoms with Gasteiger partial charge in [0.05, 0.1) is 13.3 Å². The summed E-state index contributed by atoms with van der Waals surface area (Å²) in [7, 11) is 1.45. The Morgan fingerprint density at radius 1 is 1.32 bits per heavy atom. The average molecular weight is 447 g/mol. The van der Waals surface area contributed by atoms with Crippen LogP contribution in [0.5, 0.6) is 11.5 Å². The molecule has 0 saturated carbocycles. The predicted octanol–water partition coefficient (Wildman–Crippen LogP) is 3.41. The fourth-order valence-corrected chi connectivity index (χ4v) is 2.77. The molecule has 0 radical (unpaired) electrons. The molecule has 2 aromatic carbocycles. The van der Waals surface area contributed by atoms with Crippen molar-refractivity contribution in [1.29, 1.82) is 0 Å². The van der Waals surface area contributed by atoms with Gasteiger partial charge in [-0.1, -0.05) is 28.1 Å². The smallest absolute Gasteiger partial charge is 0.341 e. The summed E-state index contributed by atoms with van der Waals surface area (Å²) in [5.74, 6) is -0.745. The van der Waals surface area contributed by atoms with Gasteiger partial charge >= 0.3 is 5.97 Å². The standard InChI is InChI=1S/C20H19BrN2O5/c1-3-5-14-8-13(9-17(27-2)19(14)28-12-18(24)25)11-22-23-20(26)15-6-4-7-16(21)10-15/h3-4,6-11H,1,5,12H2,2H3,(H,23,26)(H,24,25)/b22-11-. The van der Waals surface area contributed by atoms with Gasteiger partial charge in [0.25, 0.3) is 5.91 Å². The van der Waals surface area contributed by atoms with Crippen LogP contribution >= 0.6 is 15.9 Å². The third kappa shape index (κ3) is 5.95. The Morgan fingerprint density at radius 3 is 2.75 bits per heavy atom. The third-order valence-electron chi connectivity index (χ3n) is 3.54. The minimum absolute atomic E-state index is 0.333. The van der Waals surface area contributed by atoms with E-state index in [1.165, 1.54) is 13.3 Å². The number of hydrazone groups is 1. The van der Waals surface area contributed by atoms with E-state index in [0.29, 0.717) is 34.6 Å². The number of nitrogens with zero attached hydrogens (tertiary/aromatic N) is 1. The molecule has 1 amide bonds. The van der Waals surface area contributed by atoms with Gasteiger partial charge in [0.2, 0.25) is 0 Å². The van der Waals surface area contributed by atoms with Crippen molar-refractivity contribution in [2.24, 2.45) is 5.10 Å². The molecular weight excluding hydrogens is 428 g/mol. The Kier molecular flexibility index (Phi) is 7.76. The molecule has 0 heterocycles. The molecule has 8 heteroatoms. The fourth-order valence-electron chi connectivity index (χ4n) is 2.37. The predicted molar refractivity (Wildman–Crippen MR) is 109 cm³/mol. The number of benzene rings is 2. The van der Waals surface area contributed by atoms with Gasteiger partial charge < -0.3 is 14.6 Å². The highest BCUT2D eigenvalue weighted by atomic mass is 79.9. The molecule has 0 saturated heterocycles. The van der Waals surface area contributed by atoms with Crippen LogP contribution in [0.15, 0.2) is 58.6 Å². The summed E-state index contributed by atoms with van der Waals surface area (Å²) in [6, 6.07) is 10.3. The zero-order chi connectivity index (χ0) is 20.5. The highest BCUT2D eigenvalue weighted by Gasteiger charge is 2.14. The Hall–Kier alpha value is -3.13. The van der Waals surface area contributed by atoms with Crippen LogP contribution in [0.4, 0.5) is 0 Å². The number of hydrogen-bond donors (Lipinski definition) is 2. The number of carboxylic acids is 1. The molecule has 2 rings (SSSR count). The van der Waals surface area contributed by atoms with E-state index < -0.39 is 12.6 Å². The molecule has 7 nitrogen and oxygen atoms in total. The van der Waals surface area contributed by atoms with Crippen molar-refractivity contribution in [3.8, 4) is 11.5 Å². The topological polar surface area (TPSA) is 97.2 Å². The van der Waals surface area contributed by atoms with Gasteiger partial charge in [-0.3, -0.25) is 4.79 Å². The Balaban J connectivity index is 2.21. The minimum atomic E-state index is -1.09. The third-order valence-corrected chi connectivity index (χ3v) is 4.04. The molecular formula is C20H19BrN2O5. The van der Waals surface area contributed by atoms with Crippen molar-refractivity contribution in [2.75, 3.05) is 13.7 Å². The van der Waals surface area contributed by atoms with Crippen molar-refractivity contribution in [3.63, 3.8) is 0 Å². The van der Waals surface area contributed by atoms with Crippen LogP contribution in [0.3, 0.4) is 0 Å². The second-order valence-electron chi connectivity index (χ2n) is 5.60. The molecule has 0 aliphatic carbocycles. The van der Waals surface area contributed by atoms with Crippen LogP contribution in [0.1, 0.15) is 21.5 Å². The molecule has 0 aliphatic rings. The lowest BCUT2D eigenvalue weighted by molar-refractivity contribution is -0.139. The Morgan fingerprint density at radius 2 is 2.11 bits per heavy atom. The lowest BCUT2D eigenvalue weighted by atomic mass is 10.1. The van der Waals surface area contributed by atoms with Gasteiger partial charge in [-0.25, -0.2) is 10.2 Å². The zero-order valence-corrected chi connectivity index (χ0v) is 16.7. The van der Waals surface area contributed by atoms with E-state index in [0.717, 1.165) is 4.47 Å². The number of carbonyl (C=O) groups is 2. The molecule has 0 fully saturated rings. The van der Waals surface area contributed by atoms with Crippen molar-refractivity contribution in [3.05, 3.63) is 70.2 Å². The monoisotopic (exact) mass is 446 g/mol. The maximum atomic E-state index is 12.1. The average Bonchev–Trinajstić information content (AvgIpc) is 2.66. The van der Waals surface area contributed by atoms with E-state index >= 15 is 0 Å². The van der Waals surface area contributed by atoms with Crippen LogP contribution in [0.25, 0.3) is 0 Å². The number of ether oxygens (including phenoxy) is 2. The lowest BCUT2D eigenvalue weighted by Crippen LogP contribution is -2.17. The second-order valence-corrected chi connectivity index (χ2v) is 6.51. The molecule has 0 atom stereocenters. The molecule has 28 heavy (non-hydrogen) atoms. The fraction of sp³-hybridized carbons (Fsp3) is 0.150. The highest BCUT2D eigenvalue weighted by molar-refractivity contribution is 9.10. The number of aliphatic carboxylic acids is 1. The maximum absolute atomic E-state index is 12.1. The van der Waals surface area contributed by atoms with E-state index in [9.17, 15) is 9.59 Å². The molecule has 2 aromatic rings. The van der Waals surface area contributed by atoms with Gasteiger partial charge in [-0.2, -0.15) is 5.10 Å². The summed E-state index contributed by atoms with van der Waals surface area (Å²) < 4.78 is 11.4. The largest absolute Gasteiger partial charge is 0.493 e. The van der Waals surface area contributed by atoms with E-state index in [2.05, 4.69) is 33.0 Å². The Labute approximate surface area is 170 Å². The number of rotatable bonds is 9. The first-order valence-electron chi connectivity index (χ1n) is 8.20. The molecule has 0 unspecified atom stereocenters. The van der Waals surface area contributed by atoms with Gasteiger partial charge in [0.15, 0.2) is 18.1 Å². The first-order valence-corrected chi connectivity index (χ1v) is 8.99. The summed E-state index contributed by atoms with van der Waals surface area (Å²) in [6.45, 7) is 3.21. The molecule has 0 spiro atoms. The molecule has 0 aliphatic heterocycles. The van der Waals surface area contributed by atoms with Gasteiger partial charge in [0.1, 0.15) is 0 Å². The number of amides is 1. The quantitative estimate of drug-likeness (QED) is 0.349. The summed E-state index contributed by atoms with van der Waals surface area (Å²) >= 11 is 3.31. The van der Waals surface area contributed by atoms with E-state index in [1.54, 1.807) is 36.4 Å². The van der Waals surface area contributed by atoms with Crippen molar-refractivity contribution >= 4 is 34.0 Å². The molecule has 0 bridgehead atoms. The zero-order valence-electron chi connectivity index (χ0n) is 15.1. The van der Waals surface area contributed by atoms with Crippen molar-refractivity contribution < 1.29 is 24.2 Å². The van der Waals surface area contributed by atoms with Gasteiger partial charge in [0, 0.05) is 15.6 Å². The lowest BCUT2D eigenvalue weighted by Gasteiger charge is -2.14. The number of allylic oxidation sites excluding steroid dienone is 1. The van der Waals surface area contributed by atoms with Gasteiger partial charge in [-0.15, -0.1) is 6.58 Å². The number of halogens is 1. The molecule has 0 aromatic heterocycles. The number of carboxylic acid groups (broad SMARTS) is 1. The van der Waals surface area contributed by atoms with Crippen molar-refractivity contribution in [1.82, 2.24) is 5.43 Å². The summed E-state index contributed by atoms with van der Waals surface area (Å²) in [5.41, 5.74) is 4.26. The van der Waals surface area contributed by atoms with E-state index in [-0.39, 0.29) is 5.91 Å². The van der Waals surface area contributed by atoms with Crippen LogP contribution in [0, 0.1) is 0 Å². The number of methoxy groups -OCH3 is 1. The summed E-state index contributed by atoms with van der Waals surface area (Å²) in [5, 5.41) is 12.8. The van der Waals surface area contributed by atoms with E-state index in [1.807, 2.05) is 6.07 Å². The number of nitrogens with one attached hydrogen (secondary N) is 1. The second kappa shape index (κ2) is 10.3. The van der Waals surface area contributed by atoms with Gasteiger partial charge in [-0.05, 0) is 42.3 Å². The first kappa shape index (κ1) is 21.2. The van der Waals surface area contributed by atoms with E-state index in [4.69, 9.17) is 14.6 Å². The minimum Gasteiger partial charge on any atom is -0.493 e. The Bertz CT molecular complexity index is 911. The van der Waals surface area contributed by atoms with Crippen LogP contribution in [0.2, 0.25) is 0 Å². The molecule has 2 N–H and O–H groups in total. The normalized spacial score (nSPS) is 10.5. The SMILES string of the molecule is C=CCc1cc(/C=N\NC(=O)c2cccc(Br)c2)cc(OC)c1OCC(=O)O. The first-order chi connectivity index (χ1) is 13.4. The maximum Gasteiger partial charge on any atom is 0.341 e. The highest BCUT2D eigenvalue weighted by Crippen LogP contribution is 2.33. The van der Waals surface area contributed by atoms with Crippen LogP contribution < -0.4 is 14.9 Å².